The summed E-state index contributed by atoms with van der Waals surface area (Å²) in [5.41, 5.74) is 3.64. The minimum atomic E-state index is -0.192. The molecule has 0 N–H and O–H groups in total. The second-order valence-electron chi connectivity index (χ2n) is 7.99. The maximum Gasteiger partial charge on any atom is 0.282 e. The summed E-state index contributed by atoms with van der Waals surface area (Å²) in [5.74, 6) is 1.40. The number of halogens is 1. The zero-order valence-corrected chi connectivity index (χ0v) is 19.8. The van der Waals surface area contributed by atoms with E-state index in [1.165, 1.54) is 10.2 Å². The average molecular weight is 490 g/mol. The summed E-state index contributed by atoms with van der Waals surface area (Å²) >= 11 is 3.43. The van der Waals surface area contributed by atoms with E-state index in [2.05, 4.69) is 57.2 Å². The molecular formula is C26H24BrN3O2. The van der Waals surface area contributed by atoms with Crippen molar-refractivity contribution in [3.05, 3.63) is 104 Å². The third-order valence-electron chi connectivity index (χ3n) is 5.06. The molecular weight excluding hydrogens is 466 g/mol. The number of rotatable bonds is 6. The number of hydrogen-bond acceptors (Lipinski definition) is 4. The summed E-state index contributed by atoms with van der Waals surface area (Å²) < 4.78 is 8.15. The van der Waals surface area contributed by atoms with Crippen LogP contribution in [0.5, 0.6) is 5.75 Å². The van der Waals surface area contributed by atoms with Gasteiger partial charge in [0.2, 0.25) is 0 Å². The van der Waals surface area contributed by atoms with Crippen LogP contribution in [0.2, 0.25) is 0 Å². The summed E-state index contributed by atoms with van der Waals surface area (Å²) in [4.78, 5) is 17.8. The second-order valence-corrected chi connectivity index (χ2v) is 8.91. The molecule has 0 spiro atoms. The van der Waals surface area contributed by atoms with E-state index >= 15 is 0 Å². The molecule has 1 aromatic heterocycles. The second kappa shape index (κ2) is 9.49. The number of aromatic nitrogens is 2. The van der Waals surface area contributed by atoms with Crippen LogP contribution < -0.4 is 10.3 Å². The van der Waals surface area contributed by atoms with Crippen molar-refractivity contribution in [3.8, 4) is 5.75 Å². The molecule has 0 amide bonds. The van der Waals surface area contributed by atoms with E-state index in [9.17, 15) is 4.79 Å². The predicted octanol–water partition coefficient (Wildman–Crippen LogP) is 6.05. The predicted molar refractivity (Wildman–Crippen MR) is 133 cm³/mol. The van der Waals surface area contributed by atoms with E-state index in [4.69, 9.17) is 4.74 Å². The Bertz CT molecular complexity index is 1340. The Kier molecular flexibility index (Phi) is 6.51. The van der Waals surface area contributed by atoms with Gasteiger partial charge in [0.15, 0.2) is 0 Å². The Morgan fingerprint density at radius 3 is 2.62 bits per heavy atom. The fourth-order valence-electron chi connectivity index (χ4n) is 3.31. The highest BCUT2D eigenvalue weighted by Gasteiger charge is 2.13. The van der Waals surface area contributed by atoms with Crippen LogP contribution in [-0.2, 0) is 6.61 Å². The first-order valence-electron chi connectivity index (χ1n) is 10.5. The number of hydrogen-bond donors (Lipinski definition) is 0. The Labute approximate surface area is 195 Å². The van der Waals surface area contributed by atoms with E-state index in [1.807, 2.05) is 50.2 Å². The van der Waals surface area contributed by atoms with E-state index in [-0.39, 0.29) is 11.5 Å². The monoisotopic (exact) mass is 489 g/mol. The summed E-state index contributed by atoms with van der Waals surface area (Å²) in [6, 6.07) is 21.4. The van der Waals surface area contributed by atoms with Crippen LogP contribution in [0.1, 0.15) is 42.3 Å². The quantitative estimate of drug-likeness (QED) is 0.309. The lowest BCUT2D eigenvalue weighted by Gasteiger charge is -2.12. The van der Waals surface area contributed by atoms with Gasteiger partial charge in [-0.1, -0.05) is 71.7 Å². The van der Waals surface area contributed by atoms with Crippen LogP contribution in [0.3, 0.4) is 0 Å². The number of nitrogens with zero attached hydrogens (tertiary/aromatic N) is 3. The van der Waals surface area contributed by atoms with Crippen LogP contribution in [0.25, 0.3) is 10.9 Å². The molecule has 4 aromatic rings. The minimum Gasteiger partial charge on any atom is -0.489 e. The van der Waals surface area contributed by atoms with Crippen LogP contribution in [0, 0.1) is 6.92 Å². The van der Waals surface area contributed by atoms with Crippen molar-refractivity contribution in [3.63, 3.8) is 0 Å². The van der Waals surface area contributed by atoms with Gasteiger partial charge in [-0.15, -0.1) is 0 Å². The molecule has 0 radical (unpaired) electrons. The van der Waals surface area contributed by atoms with Crippen LogP contribution >= 0.6 is 15.9 Å². The van der Waals surface area contributed by atoms with Gasteiger partial charge < -0.3 is 4.74 Å². The van der Waals surface area contributed by atoms with Gasteiger partial charge in [0.1, 0.15) is 18.2 Å². The van der Waals surface area contributed by atoms with Crippen molar-refractivity contribution >= 4 is 33.0 Å². The molecule has 0 fully saturated rings. The fourth-order valence-corrected chi connectivity index (χ4v) is 3.67. The lowest BCUT2D eigenvalue weighted by Crippen LogP contribution is -2.23. The van der Waals surface area contributed by atoms with Gasteiger partial charge in [-0.25, -0.2) is 4.98 Å². The molecule has 0 unspecified atom stereocenters. The molecule has 0 bridgehead atoms. The van der Waals surface area contributed by atoms with Crippen molar-refractivity contribution in [2.45, 2.75) is 33.3 Å². The molecule has 162 valence electrons. The van der Waals surface area contributed by atoms with Crippen molar-refractivity contribution in [1.29, 1.82) is 0 Å². The van der Waals surface area contributed by atoms with E-state index < -0.39 is 0 Å². The van der Waals surface area contributed by atoms with Gasteiger partial charge in [-0.05, 0) is 48.4 Å². The molecule has 0 saturated heterocycles. The summed E-state index contributed by atoms with van der Waals surface area (Å²) in [6.07, 6.45) is 1.66. The molecule has 4 rings (SSSR count). The van der Waals surface area contributed by atoms with Crippen LogP contribution in [0.4, 0.5) is 0 Å². The number of ether oxygens (including phenoxy) is 1. The molecule has 1 heterocycles. The van der Waals surface area contributed by atoms with Gasteiger partial charge in [0.25, 0.3) is 5.56 Å². The molecule has 32 heavy (non-hydrogen) atoms. The van der Waals surface area contributed by atoms with E-state index in [0.29, 0.717) is 23.3 Å². The standard InChI is InChI=1S/C26H24BrN3O2/c1-17(2)25-29-24-12-11-21(27)14-23(24)26(31)30(25)28-15-20-5-4-6-22(13-20)32-16-19-9-7-18(3)8-10-19/h4-15,17H,16H2,1-3H3. The zero-order valence-electron chi connectivity index (χ0n) is 18.2. The van der Waals surface area contributed by atoms with Crippen molar-refractivity contribution in [2.24, 2.45) is 5.10 Å². The van der Waals surface area contributed by atoms with Gasteiger partial charge in [0.05, 0.1) is 17.1 Å². The summed E-state index contributed by atoms with van der Waals surface area (Å²) in [5, 5.41) is 5.02. The first-order chi connectivity index (χ1) is 15.4. The highest BCUT2D eigenvalue weighted by atomic mass is 79.9. The number of benzene rings is 3. The van der Waals surface area contributed by atoms with E-state index in [0.717, 1.165) is 21.3 Å². The van der Waals surface area contributed by atoms with Crippen molar-refractivity contribution < 1.29 is 4.74 Å². The van der Waals surface area contributed by atoms with Gasteiger partial charge in [-0.2, -0.15) is 9.78 Å². The normalized spacial score (nSPS) is 11.5. The maximum absolute atomic E-state index is 13.1. The SMILES string of the molecule is Cc1ccc(COc2cccc(C=Nn3c(C(C)C)nc4ccc(Br)cc4c3=O)c2)cc1. The third kappa shape index (κ3) is 4.97. The Morgan fingerprint density at radius 2 is 1.88 bits per heavy atom. The highest BCUT2D eigenvalue weighted by Crippen LogP contribution is 2.19. The molecule has 0 aliphatic heterocycles. The molecule has 0 aliphatic carbocycles. The number of fused-ring (bicyclic) bond motifs is 1. The summed E-state index contributed by atoms with van der Waals surface area (Å²) in [7, 11) is 0. The van der Waals surface area contributed by atoms with Crippen molar-refractivity contribution in [1.82, 2.24) is 9.66 Å². The zero-order chi connectivity index (χ0) is 22.7. The van der Waals surface area contributed by atoms with Crippen molar-refractivity contribution in [2.75, 3.05) is 0 Å². The van der Waals surface area contributed by atoms with E-state index in [1.54, 1.807) is 12.3 Å². The molecule has 0 saturated carbocycles. The average Bonchev–Trinajstić information content (AvgIpc) is 2.78. The maximum atomic E-state index is 13.1. The molecule has 6 heteroatoms. The van der Waals surface area contributed by atoms with Gasteiger partial charge in [0, 0.05) is 10.4 Å². The third-order valence-corrected chi connectivity index (χ3v) is 5.55. The van der Waals surface area contributed by atoms with Crippen LogP contribution in [-0.4, -0.2) is 15.9 Å². The highest BCUT2D eigenvalue weighted by molar-refractivity contribution is 9.10. The molecule has 0 atom stereocenters. The molecule has 3 aromatic carbocycles. The Morgan fingerprint density at radius 1 is 1.09 bits per heavy atom. The largest absolute Gasteiger partial charge is 0.489 e. The molecule has 0 aliphatic rings. The lowest BCUT2D eigenvalue weighted by molar-refractivity contribution is 0.306. The summed E-state index contributed by atoms with van der Waals surface area (Å²) in [6.45, 7) is 6.55. The topological polar surface area (TPSA) is 56.5 Å². The smallest absolute Gasteiger partial charge is 0.282 e. The first-order valence-corrected chi connectivity index (χ1v) is 11.2. The first kappa shape index (κ1) is 22.0. The number of aryl methyl sites for hydroxylation is 1. The Hall–Kier alpha value is -3.25. The van der Waals surface area contributed by atoms with Gasteiger partial charge in [-0.3, -0.25) is 4.79 Å². The lowest BCUT2D eigenvalue weighted by atomic mass is 10.2. The fraction of sp³-hybridized carbons (Fsp3) is 0.192. The molecule has 5 nitrogen and oxygen atoms in total. The minimum absolute atomic E-state index is 0.0390. The van der Waals surface area contributed by atoms with Crippen LogP contribution in [0.15, 0.2) is 81.1 Å². The van der Waals surface area contributed by atoms with Gasteiger partial charge >= 0.3 is 0 Å². The Balaban J connectivity index is 1.62.